The van der Waals surface area contributed by atoms with E-state index in [1.54, 1.807) is 0 Å². The van der Waals surface area contributed by atoms with E-state index in [4.69, 9.17) is 0 Å². The molecule has 0 heterocycles. The zero-order valence-corrected chi connectivity index (χ0v) is 29.4. The third-order valence-electron chi connectivity index (χ3n) is 9.74. The number of carbonyl (C=O) groups is 2. The predicted molar refractivity (Wildman–Crippen MR) is 208 cm³/mol. The van der Waals surface area contributed by atoms with Crippen LogP contribution in [-0.2, 0) is 0 Å². The van der Waals surface area contributed by atoms with Gasteiger partial charge in [0.05, 0.1) is 0 Å². The molecule has 49 heavy (non-hydrogen) atoms. The first-order chi connectivity index (χ1) is 24.0. The Hall–Kier alpha value is -5.69. The number of hydrogen-bond donors (Lipinski definition) is 0. The van der Waals surface area contributed by atoms with E-state index < -0.39 is 16.1 Å². The third kappa shape index (κ3) is 5.86. The minimum atomic E-state index is -3.18. The SMILES string of the molecule is C[Si](C(=O)c1ccccc1)(c1ccccc1)c1ccc(-c2ccc([Si](C(=O)c3ccccc3)(c3ccccc3)c3ccccc3)cc2)cc1. The van der Waals surface area contributed by atoms with Crippen LogP contribution >= 0.6 is 0 Å². The zero-order valence-electron chi connectivity index (χ0n) is 27.4. The predicted octanol–water partition coefficient (Wildman–Crippen LogP) is 6.86. The summed E-state index contributed by atoms with van der Waals surface area (Å²) in [6.07, 6.45) is 0. The largest absolute Gasteiger partial charge is 0.299 e. The molecule has 0 aliphatic rings. The van der Waals surface area contributed by atoms with Gasteiger partial charge in [-0.05, 0) is 37.1 Å². The Morgan fingerprint density at radius 2 is 0.612 bits per heavy atom. The van der Waals surface area contributed by atoms with Crippen molar-refractivity contribution in [3.05, 3.63) is 211 Å². The molecule has 0 saturated carbocycles. The van der Waals surface area contributed by atoms with Gasteiger partial charge < -0.3 is 0 Å². The fraction of sp³-hybridized carbons (Fsp3) is 0.0222. The van der Waals surface area contributed by atoms with E-state index in [0.717, 1.165) is 48.2 Å². The Kier molecular flexibility index (Phi) is 8.99. The van der Waals surface area contributed by atoms with Gasteiger partial charge in [0.2, 0.25) is 8.07 Å². The molecule has 1 unspecified atom stereocenters. The van der Waals surface area contributed by atoms with Gasteiger partial charge in [-0.3, -0.25) is 9.59 Å². The summed E-state index contributed by atoms with van der Waals surface area (Å²) in [5, 5.41) is 5.67. The molecule has 236 valence electrons. The first-order valence-electron chi connectivity index (χ1n) is 16.6. The molecule has 0 N–H and O–H groups in total. The van der Waals surface area contributed by atoms with Gasteiger partial charge in [-0.25, -0.2) is 0 Å². The maximum atomic E-state index is 14.9. The molecule has 0 spiro atoms. The van der Waals surface area contributed by atoms with Crippen molar-refractivity contribution >= 4 is 52.9 Å². The van der Waals surface area contributed by atoms with E-state index in [2.05, 4.69) is 91.5 Å². The molecule has 7 rings (SSSR count). The lowest BCUT2D eigenvalue weighted by Crippen LogP contribution is -2.72. The fourth-order valence-corrected chi connectivity index (χ4v) is 14.8. The van der Waals surface area contributed by atoms with E-state index in [0.29, 0.717) is 0 Å². The van der Waals surface area contributed by atoms with Crippen LogP contribution in [-0.4, -0.2) is 27.0 Å². The Balaban J connectivity index is 1.31. The second-order valence-corrected chi connectivity index (χ2v) is 20.1. The first kappa shape index (κ1) is 31.9. The molecule has 1 atom stereocenters. The maximum absolute atomic E-state index is 14.9. The Labute approximate surface area is 290 Å². The van der Waals surface area contributed by atoms with Crippen molar-refractivity contribution < 1.29 is 9.59 Å². The highest BCUT2D eigenvalue weighted by Gasteiger charge is 2.47. The van der Waals surface area contributed by atoms with E-state index in [-0.39, 0.29) is 10.8 Å². The summed E-state index contributed by atoms with van der Waals surface area (Å²) < 4.78 is 0. The molecule has 7 aromatic rings. The van der Waals surface area contributed by atoms with E-state index in [1.165, 1.54) is 0 Å². The lowest BCUT2D eigenvalue weighted by atomic mass is 10.1. The summed E-state index contributed by atoms with van der Waals surface area (Å²) in [6, 6.07) is 67.2. The summed E-state index contributed by atoms with van der Waals surface area (Å²) in [5.74, 6) is 0. The van der Waals surface area contributed by atoms with Crippen molar-refractivity contribution in [3.8, 4) is 11.1 Å². The fourth-order valence-electron chi connectivity index (χ4n) is 7.06. The Morgan fingerprint density at radius 1 is 0.327 bits per heavy atom. The highest BCUT2D eigenvalue weighted by Crippen LogP contribution is 2.22. The maximum Gasteiger partial charge on any atom is 0.230 e. The lowest BCUT2D eigenvalue weighted by Gasteiger charge is -2.32. The van der Waals surface area contributed by atoms with Crippen LogP contribution in [0.5, 0.6) is 0 Å². The average Bonchev–Trinajstić information content (AvgIpc) is 3.20. The van der Waals surface area contributed by atoms with Gasteiger partial charge in [-0.1, -0.05) is 207 Å². The minimum absolute atomic E-state index is 0.163. The first-order valence-corrected chi connectivity index (χ1v) is 21.1. The molecule has 0 aliphatic carbocycles. The number of benzene rings is 7. The van der Waals surface area contributed by atoms with Gasteiger partial charge in [0.1, 0.15) is 0 Å². The molecule has 4 heteroatoms. The summed E-state index contributed by atoms with van der Waals surface area (Å²) in [6.45, 7) is 2.16. The van der Waals surface area contributed by atoms with Crippen LogP contribution in [0.3, 0.4) is 0 Å². The van der Waals surface area contributed by atoms with Gasteiger partial charge >= 0.3 is 0 Å². The van der Waals surface area contributed by atoms with Crippen LogP contribution in [0.15, 0.2) is 200 Å². The summed E-state index contributed by atoms with van der Waals surface area (Å²) in [7, 11) is -5.97. The summed E-state index contributed by atoms with van der Waals surface area (Å²) in [4.78, 5) is 29.1. The van der Waals surface area contributed by atoms with Crippen LogP contribution in [0.1, 0.15) is 20.7 Å². The van der Waals surface area contributed by atoms with Crippen molar-refractivity contribution in [1.29, 1.82) is 0 Å². The van der Waals surface area contributed by atoms with Crippen LogP contribution in [0, 0.1) is 0 Å². The molecule has 0 amide bonds. The third-order valence-corrected chi connectivity index (χ3v) is 18.5. The zero-order chi connectivity index (χ0) is 33.7. The average molecular weight is 665 g/mol. The molecular formula is C45H36O2Si2. The van der Waals surface area contributed by atoms with Crippen molar-refractivity contribution in [3.63, 3.8) is 0 Å². The highest BCUT2D eigenvalue weighted by atomic mass is 28.3. The number of carbonyl (C=O) groups excluding carboxylic acids is 2. The van der Waals surface area contributed by atoms with Crippen LogP contribution in [0.4, 0.5) is 0 Å². The standard InChI is InChI=1S/C45H36O2Si2/c1-48(39-21-11-4-12-22-39,44(46)37-17-7-2-8-18-37)40-31-27-35(28-32-40)36-29-33-43(34-30-36)49(41-23-13-5-14-24-41,42-25-15-6-16-26-42)45(47)38-19-9-3-10-20-38/h2-34H,1H3. The Bertz CT molecular complexity index is 2130. The molecule has 2 nitrogen and oxygen atoms in total. The van der Waals surface area contributed by atoms with E-state index in [1.807, 2.05) is 115 Å². The second kappa shape index (κ2) is 13.8. The summed E-state index contributed by atoms with van der Waals surface area (Å²) in [5.41, 5.74) is 3.59. The molecule has 0 radical (unpaired) electrons. The lowest BCUT2D eigenvalue weighted by molar-refractivity contribution is 0.106. The van der Waals surface area contributed by atoms with E-state index >= 15 is 0 Å². The monoisotopic (exact) mass is 664 g/mol. The number of rotatable bonds is 10. The molecule has 0 fully saturated rings. The number of hydrogen-bond acceptors (Lipinski definition) is 2. The smallest absolute Gasteiger partial charge is 0.230 e. The van der Waals surface area contributed by atoms with Gasteiger partial charge in [0.15, 0.2) is 18.9 Å². The van der Waals surface area contributed by atoms with Crippen LogP contribution in [0.25, 0.3) is 11.1 Å². The quantitative estimate of drug-likeness (QED) is 0.118. The van der Waals surface area contributed by atoms with Crippen molar-refractivity contribution in [2.24, 2.45) is 0 Å². The molecule has 0 aliphatic heterocycles. The molecule has 7 aromatic carbocycles. The topological polar surface area (TPSA) is 34.1 Å². The van der Waals surface area contributed by atoms with Crippen molar-refractivity contribution in [1.82, 2.24) is 0 Å². The van der Waals surface area contributed by atoms with E-state index in [9.17, 15) is 9.59 Å². The van der Waals surface area contributed by atoms with Gasteiger partial charge in [-0.15, -0.1) is 0 Å². The second-order valence-electron chi connectivity index (χ2n) is 12.5. The van der Waals surface area contributed by atoms with Gasteiger partial charge in [0.25, 0.3) is 0 Å². The van der Waals surface area contributed by atoms with Crippen LogP contribution in [0.2, 0.25) is 6.55 Å². The van der Waals surface area contributed by atoms with Crippen LogP contribution < -0.4 is 25.9 Å². The Morgan fingerprint density at radius 3 is 1.02 bits per heavy atom. The summed E-state index contributed by atoms with van der Waals surface area (Å²) >= 11 is 0. The van der Waals surface area contributed by atoms with Crippen molar-refractivity contribution in [2.75, 3.05) is 0 Å². The highest BCUT2D eigenvalue weighted by molar-refractivity contribution is 7.31. The van der Waals surface area contributed by atoms with Gasteiger partial charge in [0, 0.05) is 11.1 Å². The molecular weight excluding hydrogens is 629 g/mol. The normalized spacial score (nSPS) is 12.5. The van der Waals surface area contributed by atoms with Gasteiger partial charge in [-0.2, -0.15) is 0 Å². The van der Waals surface area contributed by atoms with Crippen molar-refractivity contribution in [2.45, 2.75) is 6.55 Å². The molecule has 0 saturated heterocycles. The molecule has 0 aromatic heterocycles. The minimum Gasteiger partial charge on any atom is -0.299 e. The molecule has 0 bridgehead atoms.